The molecule has 4 nitrogen and oxygen atoms in total. The first kappa shape index (κ1) is 14.4. The lowest BCUT2D eigenvalue weighted by Gasteiger charge is -2.21. The number of hydrogen-bond donors (Lipinski definition) is 1. The zero-order chi connectivity index (χ0) is 14.2. The van der Waals surface area contributed by atoms with E-state index in [2.05, 4.69) is 0 Å². The number of nitrogens with zero attached hydrogens (tertiary/aromatic N) is 1. The predicted molar refractivity (Wildman–Crippen MR) is 66.9 cm³/mol. The summed E-state index contributed by atoms with van der Waals surface area (Å²) in [5.74, 6) is -1.72. The first-order chi connectivity index (χ1) is 8.84. The zero-order valence-corrected chi connectivity index (χ0v) is 11.3. The van der Waals surface area contributed by atoms with Crippen LogP contribution in [0.2, 0.25) is 0 Å². The maximum Gasteiger partial charge on any atom is 0.243 e. The van der Waals surface area contributed by atoms with E-state index < -0.39 is 21.7 Å². The highest BCUT2D eigenvalue weighted by Crippen LogP contribution is 2.29. The van der Waals surface area contributed by atoms with Crippen LogP contribution in [0.5, 0.6) is 0 Å². The molecular weight excluding hydrogens is 274 g/mol. The Hall–Kier alpha value is -1.05. The maximum atomic E-state index is 13.1. The molecule has 2 atom stereocenters. The molecule has 106 valence electrons. The highest BCUT2D eigenvalue weighted by molar-refractivity contribution is 7.89. The van der Waals surface area contributed by atoms with E-state index in [1.807, 2.05) is 0 Å². The van der Waals surface area contributed by atoms with Gasteiger partial charge in [0.05, 0.1) is 4.90 Å². The van der Waals surface area contributed by atoms with Gasteiger partial charge < -0.3 is 5.73 Å². The topological polar surface area (TPSA) is 63.4 Å². The third kappa shape index (κ3) is 2.77. The Morgan fingerprint density at radius 2 is 1.89 bits per heavy atom. The van der Waals surface area contributed by atoms with Crippen LogP contribution in [0.15, 0.2) is 23.1 Å². The molecule has 19 heavy (non-hydrogen) atoms. The van der Waals surface area contributed by atoms with Crippen molar-refractivity contribution in [2.45, 2.75) is 24.3 Å². The second kappa shape index (κ2) is 5.15. The molecule has 7 heteroatoms. The van der Waals surface area contributed by atoms with Gasteiger partial charge in [-0.3, -0.25) is 0 Å². The zero-order valence-electron chi connectivity index (χ0n) is 10.5. The number of nitrogens with two attached hydrogens (primary N) is 1. The normalized spacial score (nSPS) is 24.8. The summed E-state index contributed by atoms with van der Waals surface area (Å²) in [5.41, 5.74) is 5.55. The third-order valence-electron chi connectivity index (χ3n) is 3.38. The summed E-state index contributed by atoms with van der Waals surface area (Å²) in [7, 11) is -3.88. The molecule has 0 aromatic heterocycles. The van der Waals surface area contributed by atoms with E-state index in [0.717, 1.165) is 12.1 Å². The summed E-state index contributed by atoms with van der Waals surface area (Å²) in [4.78, 5) is -0.352. The van der Waals surface area contributed by atoms with Gasteiger partial charge in [-0.05, 0) is 37.9 Å². The smallest absolute Gasteiger partial charge is 0.243 e. The van der Waals surface area contributed by atoms with E-state index in [9.17, 15) is 17.2 Å². The van der Waals surface area contributed by atoms with Gasteiger partial charge in [-0.25, -0.2) is 17.2 Å². The molecule has 0 radical (unpaired) electrons. The molecule has 0 aliphatic carbocycles. The monoisotopic (exact) mass is 290 g/mol. The van der Waals surface area contributed by atoms with Crippen LogP contribution < -0.4 is 5.73 Å². The van der Waals surface area contributed by atoms with Crippen LogP contribution in [0.1, 0.15) is 13.3 Å². The SMILES string of the molecule is CC1CC(CN)CN1S(=O)(=O)c1cc(F)cc(F)c1. The summed E-state index contributed by atoms with van der Waals surface area (Å²) in [5, 5.41) is 0. The highest BCUT2D eigenvalue weighted by atomic mass is 32.2. The number of sulfonamides is 1. The molecular formula is C12H16F2N2O2S. The molecule has 0 amide bonds. The minimum Gasteiger partial charge on any atom is -0.330 e. The number of hydrogen-bond acceptors (Lipinski definition) is 3. The fourth-order valence-electron chi connectivity index (χ4n) is 2.43. The fraction of sp³-hybridized carbons (Fsp3) is 0.500. The molecule has 0 spiro atoms. The fourth-order valence-corrected chi connectivity index (χ4v) is 4.19. The van der Waals surface area contributed by atoms with Crippen LogP contribution in [0.4, 0.5) is 8.78 Å². The summed E-state index contributed by atoms with van der Waals surface area (Å²) in [6.45, 7) is 2.45. The van der Waals surface area contributed by atoms with Crippen molar-refractivity contribution in [1.82, 2.24) is 4.31 Å². The maximum absolute atomic E-state index is 13.1. The lowest BCUT2D eigenvalue weighted by atomic mass is 10.1. The minimum atomic E-state index is -3.88. The molecule has 1 aromatic rings. The van der Waals surface area contributed by atoms with E-state index in [1.54, 1.807) is 6.92 Å². The first-order valence-electron chi connectivity index (χ1n) is 6.02. The second-order valence-corrected chi connectivity index (χ2v) is 6.76. The Bertz CT molecular complexity index is 557. The predicted octanol–water partition coefficient (Wildman–Crippen LogP) is 1.32. The molecule has 1 aliphatic heterocycles. The van der Waals surface area contributed by atoms with E-state index in [0.29, 0.717) is 19.0 Å². The summed E-state index contributed by atoms with van der Waals surface area (Å²) < 4.78 is 52.3. The number of benzene rings is 1. The largest absolute Gasteiger partial charge is 0.330 e. The van der Waals surface area contributed by atoms with Gasteiger partial charge in [-0.15, -0.1) is 0 Å². The van der Waals surface area contributed by atoms with Crippen molar-refractivity contribution in [2.24, 2.45) is 11.7 Å². The van der Waals surface area contributed by atoms with Crippen LogP contribution in [-0.4, -0.2) is 31.9 Å². The average molecular weight is 290 g/mol. The molecule has 1 heterocycles. The minimum absolute atomic E-state index is 0.0863. The average Bonchev–Trinajstić information content (AvgIpc) is 2.70. The van der Waals surface area contributed by atoms with Crippen molar-refractivity contribution in [1.29, 1.82) is 0 Å². The van der Waals surface area contributed by atoms with Crippen molar-refractivity contribution in [3.8, 4) is 0 Å². The van der Waals surface area contributed by atoms with Crippen LogP contribution in [0, 0.1) is 17.6 Å². The third-order valence-corrected chi connectivity index (χ3v) is 5.34. The van der Waals surface area contributed by atoms with Crippen LogP contribution in [-0.2, 0) is 10.0 Å². The van der Waals surface area contributed by atoms with Gasteiger partial charge in [-0.1, -0.05) is 0 Å². The van der Waals surface area contributed by atoms with Gasteiger partial charge >= 0.3 is 0 Å². The van der Waals surface area contributed by atoms with Gasteiger partial charge in [0.25, 0.3) is 0 Å². The lowest BCUT2D eigenvalue weighted by Crippen LogP contribution is -2.34. The van der Waals surface area contributed by atoms with Crippen molar-refractivity contribution < 1.29 is 17.2 Å². The quantitative estimate of drug-likeness (QED) is 0.913. The van der Waals surface area contributed by atoms with E-state index in [4.69, 9.17) is 5.73 Å². The molecule has 1 fully saturated rings. The van der Waals surface area contributed by atoms with Crippen molar-refractivity contribution >= 4 is 10.0 Å². The Balaban J connectivity index is 2.37. The molecule has 1 aromatic carbocycles. The van der Waals surface area contributed by atoms with Gasteiger partial charge in [0.1, 0.15) is 11.6 Å². The van der Waals surface area contributed by atoms with E-state index in [-0.39, 0.29) is 23.4 Å². The van der Waals surface area contributed by atoms with Gasteiger partial charge in [0.2, 0.25) is 10.0 Å². The second-order valence-electron chi connectivity index (χ2n) is 4.87. The molecule has 0 bridgehead atoms. The van der Waals surface area contributed by atoms with Crippen LogP contribution >= 0.6 is 0 Å². The highest BCUT2D eigenvalue weighted by Gasteiger charge is 2.37. The van der Waals surface area contributed by atoms with Gasteiger partial charge in [0.15, 0.2) is 0 Å². The van der Waals surface area contributed by atoms with Crippen molar-refractivity contribution in [2.75, 3.05) is 13.1 Å². The Labute approximate surface area is 111 Å². The molecule has 0 saturated carbocycles. The number of rotatable bonds is 3. The van der Waals surface area contributed by atoms with Gasteiger partial charge in [0, 0.05) is 18.7 Å². The summed E-state index contributed by atoms with van der Waals surface area (Å²) >= 11 is 0. The van der Waals surface area contributed by atoms with Gasteiger partial charge in [-0.2, -0.15) is 4.31 Å². The standard InChI is InChI=1S/C12H16F2N2O2S/c1-8-2-9(6-15)7-16(8)19(17,18)12-4-10(13)3-11(14)5-12/h3-5,8-9H,2,6-7,15H2,1H3. The molecule has 2 unspecified atom stereocenters. The Morgan fingerprint density at radius 1 is 1.32 bits per heavy atom. The lowest BCUT2D eigenvalue weighted by molar-refractivity contribution is 0.403. The molecule has 2 N–H and O–H groups in total. The summed E-state index contributed by atoms with van der Waals surface area (Å²) in [6.07, 6.45) is 0.660. The first-order valence-corrected chi connectivity index (χ1v) is 7.46. The summed E-state index contributed by atoms with van der Waals surface area (Å²) in [6, 6.07) is 2.10. The molecule has 1 aliphatic rings. The Kier molecular flexibility index (Phi) is 3.89. The molecule has 1 saturated heterocycles. The van der Waals surface area contributed by atoms with Crippen molar-refractivity contribution in [3.63, 3.8) is 0 Å². The van der Waals surface area contributed by atoms with Crippen molar-refractivity contribution in [3.05, 3.63) is 29.8 Å². The molecule has 2 rings (SSSR count). The number of halogens is 2. The van der Waals surface area contributed by atoms with E-state index in [1.165, 1.54) is 4.31 Å². The van der Waals surface area contributed by atoms with E-state index >= 15 is 0 Å². The van der Waals surface area contributed by atoms with Crippen LogP contribution in [0.25, 0.3) is 0 Å². The Morgan fingerprint density at radius 3 is 2.37 bits per heavy atom. The van der Waals surface area contributed by atoms with Crippen LogP contribution in [0.3, 0.4) is 0 Å².